The fourth-order valence-corrected chi connectivity index (χ4v) is 3.63. The van der Waals surface area contributed by atoms with Crippen LogP contribution in [-0.4, -0.2) is 26.4 Å². The summed E-state index contributed by atoms with van der Waals surface area (Å²) in [4.78, 5) is 12.2. The Morgan fingerprint density at radius 1 is 1.23 bits per heavy atom. The molecule has 6 nitrogen and oxygen atoms in total. The van der Waals surface area contributed by atoms with Gasteiger partial charge in [0.15, 0.2) is 11.0 Å². The van der Waals surface area contributed by atoms with Crippen molar-refractivity contribution in [1.29, 1.82) is 0 Å². The molecule has 1 N–H and O–H groups in total. The van der Waals surface area contributed by atoms with Gasteiger partial charge in [-0.1, -0.05) is 35.5 Å². The number of nitrogens with one attached hydrogen (secondary N) is 1. The second-order valence-corrected chi connectivity index (χ2v) is 7.92. The molecule has 0 aliphatic heterocycles. The summed E-state index contributed by atoms with van der Waals surface area (Å²) >= 11 is 6.99. The Morgan fingerprint density at radius 3 is 2.68 bits per heavy atom. The highest BCUT2D eigenvalue weighted by Crippen LogP contribution is 2.34. The predicted molar refractivity (Wildman–Crippen MR) is 112 cm³/mol. The van der Waals surface area contributed by atoms with Crippen LogP contribution in [0, 0.1) is 6.92 Å². The van der Waals surface area contributed by atoms with Crippen LogP contribution in [-0.2, 0) is 24.6 Å². The molecule has 0 atom stereocenters. The summed E-state index contributed by atoms with van der Waals surface area (Å²) in [7, 11) is 1.71. The zero-order chi connectivity index (χ0) is 22.6. The van der Waals surface area contributed by atoms with Crippen LogP contribution in [0.1, 0.15) is 17.0 Å². The molecule has 0 saturated carbocycles. The van der Waals surface area contributed by atoms with E-state index in [1.165, 1.54) is 18.2 Å². The Bertz CT molecular complexity index is 1090. The zero-order valence-electron chi connectivity index (χ0n) is 16.5. The molecule has 0 aliphatic rings. The van der Waals surface area contributed by atoms with Crippen LogP contribution >= 0.6 is 23.4 Å². The molecule has 3 rings (SSSR count). The summed E-state index contributed by atoms with van der Waals surface area (Å²) in [5.74, 6) is 0.471. The minimum atomic E-state index is -4.56. The smallest absolute Gasteiger partial charge is 0.418 e. The molecule has 0 unspecified atom stereocenters. The number of rotatable bonds is 7. The van der Waals surface area contributed by atoms with E-state index in [1.54, 1.807) is 29.8 Å². The van der Waals surface area contributed by atoms with Crippen LogP contribution in [0.3, 0.4) is 0 Å². The predicted octanol–water partition coefficient (Wildman–Crippen LogP) is 5.11. The number of amides is 1. The van der Waals surface area contributed by atoms with Gasteiger partial charge in [-0.15, -0.1) is 10.2 Å². The lowest BCUT2D eigenvalue weighted by molar-refractivity contribution is -0.137. The molecule has 2 aromatic carbocycles. The average molecular weight is 471 g/mol. The number of carbonyl (C=O) groups excluding carboxylic acids is 1. The second kappa shape index (κ2) is 9.61. The number of alkyl halides is 3. The molecule has 3 aromatic rings. The van der Waals surface area contributed by atoms with Gasteiger partial charge in [-0.25, -0.2) is 0 Å². The molecule has 0 fully saturated rings. The highest BCUT2D eigenvalue weighted by molar-refractivity contribution is 7.99. The molecule has 11 heteroatoms. The number of aromatic nitrogens is 3. The van der Waals surface area contributed by atoms with Gasteiger partial charge in [-0.2, -0.15) is 13.2 Å². The maximum atomic E-state index is 13.0. The second-order valence-electron chi connectivity index (χ2n) is 6.54. The van der Waals surface area contributed by atoms with Crippen molar-refractivity contribution in [3.63, 3.8) is 0 Å². The van der Waals surface area contributed by atoms with Gasteiger partial charge in [0.25, 0.3) is 0 Å². The number of carbonyl (C=O) groups is 1. The Hall–Kier alpha value is -2.72. The standard InChI is InChI=1S/C20H18ClF3N4O2S/c1-12-9-13(21)7-8-16(12)30-10-17-26-27-19(28(17)2)31-11-18(29)25-15-6-4-3-5-14(15)20(22,23)24/h3-9H,10-11H2,1-2H3,(H,25,29). The Kier molecular flexibility index (Phi) is 7.11. The van der Waals surface area contributed by atoms with Gasteiger partial charge >= 0.3 is 6.18 Å². The van der Waals surface area contributed by atoms with E-state index in [2.05, 4.69) is 15.5 Å². The van der Waals surface area contributed by atoms with Crippen LogP contribution in [0.4, 0.5) is 18.9 Å². The third-order valence-electron chi connectivity index (χ3n) is 4.26. The molecular formula is C20H18ClF3N4O2S. The third kappa shape index (κ3) is 5.92. The number of benzene rings is 2. The van der Waals surface area contributed by atoms with Gasteiger partial charge in [-0.05, 0) is 42.8 Å². The van der Waals surface area contributed by atoms with Crippen LogP contribution in [0.25, 0.3) is 0 Å². The third-order valence-corrected chi connectivity index (χ3v) is 5.51. The fourth-order valence-electron chi connectivity index (χ4n) is 2.67. The van der Waals surface area contributed by atoms with Crippen molar-refractivity contribution in [2.24, 2.45) is 7.05 Å². The molecule has 0 radical (unpaired) electrons. The SMILES string of the molecule is Cc1cc(Cl)ccc1OCc1nnc(SCC(=O)Nc2ccccc2C(F)(F)F)n1C. The van der Waals surface area contributed by atoms with E-state index in [0.717, 1.165) is 23.4 Å². The van der Waals surface area contributed by atoms with Crippen molar-refractivity contribution in [3.05, 3.63) is 64.4 Å². The van der Waals surface area contributed by atoms with Crippen molar-refractivity contribution in [2.75, 3.05) is 11.1 Å². The Morgan fingerprint density at radius 2 is 1.97 bits per heavy atom. The number of aryl methyl sites for hydroxylation is 1. The van der Waals surface area contributed by atoms with E-state index in [-0.39, 0.29) is 18.0 Å². The molecular weight excluding hydrogens is 453 g/mol. The Labute approximate surface area is 185 Å². The first kappa shape index (κ1) is 23.0. The quantitative estimate of drug-likeness (QED) is 0.486. The first-order valence-corrected chi connectivity index (χ1v) is 10.4. The van der Waals surface area contributed by atoms with Crippen molar-refractivity contribution < 1.29 is 22.7 Å². The van der Waals surface area contributed by atoms with Gasteiger partial charge in [0.2, 0.25) is 5.91 Å². The number of hydrogen-bond acceptors (Lipinski definition) is 5. The van der Waals surface area contributed by atoms with Crippen molar-refractivity contribution in [2.45, 2.75) is 24.9 Å². The molecule has 31 heavy (non-hydrogen) atoms. The molecule has 1 aromatic heterocycles. The lowest BCUT2D eigenvalue weighted by Crippen LogP contribution is -2.18. The molecule has 0 bridgehead atoms. The van der Waals surface area contributed by atoms with Gasteiger partial charge < -0.3 is 14.6 Å². The zero-order valence-corrected chi connectivity index (χ0v) is 18.1. The van der Waals surface area contributed by atoms with Crippen LogP contribution in [0.15, 0.2) is 47.6 Å². The average Bonchev–Trinajstić information content (AvgIpc) is 3.05. The van der Waals surface area contributed by atoms with E-state index in [0.29, 0.717) is 21.8 Å². The lowest BCUT2D eigenvalue weighted by Gasteiger charge is -2.13. The van der Waals surface area contributed by atoms with Crippen molar-refractivity contribution in [1.82, 2.24) is 14.8 Å². The number of hydrogen-bond donors (Lipinski definition) is 1. The van der Waals surface area contributed by atoms with E-state index >= 15 is 0 Å². The topological polar surface area (TPSA) is 69.0 Å². The van der Waals surface area contributed by atoms with Crippen LogP contribution in [0.2, 0.25) is 5.02 Å². The van der Waals surface area contributed by atoms with Crippen molar-refractivity contribution in [3.8, 4) is 5.75 Å². The number of nitrogens with zero attached hydrogens (tertiary/aromatic N) is 3. The number of ether oxygens (including phenoxy) is 1. The normalized spacial score (nSPS) is 11.4. The highest BCUT2D eigenvalue weighted by atomic mass is 35.5. The highest BCUT2D eigenvalue weighted by Gasteiger charge is 2.33. The molecule has 0 aliphatic carbocycles. The number of thioether (sulfide) groups is 1. The van der Waals surface area contributed by atoms with E-state index in [4.69, 9.17) is 16.3 Å². The first-order chi connectivity index (χ1) is 14.6. The summed E-state index contributed by atoms with van der Waals surface area (Å²) < 4.78 is 46.5. The Balaban J connectivity index is 1.58. The first-order valence-electron chi connectivity index (χ1n) is 9.01. The summed E-state index contributed by atoms with van der Waals surface area (Å²) in [5.41, 5.74) is -0.310. The lowest BCUT2D eigenvalue weighted by atomic mass is 10.1. The minimum Gasteiger partial charge on any atom is -0.485 e. The fraction of sp³-hybridized carbons (Fsp3) is 0.250. The van der Waals surface area contributed by atoms with Crippen LogP contribution < -0.4 is 10.1 Å². The van der Waals surface area contributed by atoms with Crippen LogP contribution in [0.5, 0.6) is 5.75 Å². The summed E-state index contributed by atoms with van der Waals surface area (Å²) in [5, 5.41) is 11.4. The van der Waals surface area contributed by atoms with E-state index in [1.807, 2.05) is 6.92 Å². The molecule has 1 amide bonds. The molecule has 164 valence electrons. The van der Waals surface area contributed by atoms with Crippen molar-refractivity contribution >= 4 is 35.0 Å². The number of anilines is 1. The number of halogens is 4. The molecule has 0 saturated heterocycles. The summed E-state index contributed by atoms with van der Waals surface area (Å²) in [6, 6.07) is 10.1. The van der Waals surface area contributed by atoms with E-state index in [9.17, 15) is 18.0 Å². The van der Waals surface area contributed by atoms with Gasteiger partial charge in [0, 0.05) is 12.1 Å². The van der Waals surface area contributed by atoms with Gasteiger partial charge in [-0.3, -0.25) is 4.79 Å². The summed E-state index contributed by atoms with van der Waals surface area (Å²) in [6.07, 6.45) is -4.56. The summed E-state index contributed by atoms with van der Waals surface area (Å²) in [6.45, 7) is 2.02. The molecule has 0 spiro atoms. The van der Waals surface area contributed by atoms with Gasteiger partial charge in [0.05, 0.1) is 17.0 Å². The maximum Gasteiger partial charge on any atom is 0.418 e. The minimum absolute atomic E-state index is 0.130. The van der Waals surface area contributed by atoms with Gasteiger partial charge in [0.1, 0.15) is 12.4 Å². The number of para-hydroxylation sites is 1. The maximum absolute atomic E-state index is 13.0. The monoisotopic (exact) mass is 470 g/mol. The van der Waals surface area contributed by atoms with E-state index < -0.39 is 17.6 Å². The largest absolute Gasteiger partial charge is 0.485 e. The molecule has 1 heterocycles.